The number of carbonyl (C=O) groups excluding carboxylic acids is 1. The molecule has 0 aliphatic carbocycles. The Kier molecular flexibility index (Phi) is 7.63. The van der Waals surface area contributed by atoms with Crippen LogP contribution >= 0.6 is 11.6 Å². The Hall–Kier alpha value is -1.06. The van der Waals surface area contributed by atoms with Crippen molar-refractivity contribution in [3.63, 3.8) is 0 Å². The van der Waals surface area contributed by atoms with Crippen molar-refractivity contribution in [3.05, 3.63) is 34.9 Å². The van der Waals surface area contributed by atoms with E-state index in [-0.39, 0.29) is 5.91 Å². The smallest absolute Gasteiger partial charge is 0.220 e. The first kappa shape index (κ1) is 17.0. The molecule has 0 fully saturated rings. The van der Waals surface area contributed by atoms with Gasteiger partial charge in [0.05, 0.1) is 0 Å². The van der Waals surface area contributed by atoms with E-state index in [4.69, 9.17) is 17.3 Å². The molecule has 0 aliphatic rings. The molecule has 1 rings (SSSR count). The zero-order chi connectivity index (χ0) is 15.0. The first-order valence-electron chi connectivity index (χ1n) is 7.24. The molecule has 0 aromatic heterocycles. The molecule has 3 N–H and O–H groups in total. The van der Waals surface area contributed by atoms with Gasteiger partial charge in [0, 0.05) is 18.0 Å². The molecule has 0 spiro atoms. The van der Waals surface area contributed by atoms with Crippen LogP contribution in [0.4, 0.5) is 0 Å². The van der Waals surface area contributed by atoms with Crippen LogP contribution in [0.2, 0.25) is 5.02 Å². The van der Waals surface area contributed by atoms with E-state index in [9.17, 15) is 4.79 Å². The summed E-state index contributed by atoms with van der Waals surface area (Å²) < 4.78 is 0. The van der Waals surface area contributed by atoms with Crippen molar-refractivity contribution >= 4 is 17.5 Å². The van der Waals surface area contributed by atoms with Crippen LogP contribution in [-0.4, -0.2) is 12.5 Å². The first-order valence-corrected chi connectivity index (χ1v) is 7.62. The minimum absolute atomic E-state index is 0.0765. The molecule has 0 bridgehead atoms. The molecule has 0 saturated heterocycles. The third-order valence-electron chi connectivity index (χ3n) is 3.66. The van der Waals surface area contributed by atoms with Crippen molar-refractivity contribution in [2.24, 2.45) is 17.6 Å². The largest absolute Gasteiger partial charge is 0.352 e. The summed E-state index contributed by atoms with van der Waals surface area (Å²) in [4.78, 5) is 11.9. The third-order valence-corrected chi connectivity index (χ3v) is 4.03. The number of nitrogens with one attached hydrogen (secondary N) is 1. The number of amides is 1. The second kappa shape index (κ2) is 8.98. The molecule has 1 unspecified atom stereocenters. The van der Waals surface area contributed by atoms with Crippen molar-refractivity contribution in [1.29, 1.82) is 0 Å². The molecule has 1 aromatic carbocycles. The summed E-state index contributed by atoms with van der Waals surface area (Å²) in [5.41, 5.74) is 6.56. The lowest BCUT2D eigenvalue weighted by molar-refractivity contribution is -0.121. The van der Waals surface area contributed by atoms with Crippen LogP contribution < -0.4 is 11.1 Å². The maximum atomic E-state index is 11.9. The summed E-state index contributed by atoms with van der Waals surface area (Å²) in [6.45, 7) is 5.54. The Morgan fingerprint density at radius 3 is 2.60 bits per heavy atom. The molecule has 4 heteroatoms. The summed E-state index contributed by atoms with van der Waals surface area (Å²) in [6.07, 6.45) is 2.42. The molecule has 0 heterocycles. The number of benzene rings is 1. The van der Waals surface area contributed by atoms with Gasteiger partial charge in [0.1, 0.15) is 0 Å². The highest BCUT2D eigenvalue weighted by atomic mass is 35.5. The van der Waals surface area contributed by atoms with Gasteiger partial charge >= 0.3 is 0 Å². The highest BCUT2D eigenvalue weighted by molar-refractivity contribution is 6.31. The van der Waals surface area contributed by atoms with E-state index in [0.717, 1.165) is 18.4 Å². The monoisotopic (exact) mass is 296 g/mol. The summed E-state index contributed by atoms with van der Waals surface area (Å²) in [5, 5.41) is 3.61. The summed E-state index contributed by atoms with van der Waals surface area (Å²) in [5.74, 6) is 1.16. The van der Waals surface area contributed by atoms with Crippen LogP contribution in [0.25, 0.3) is 0 Å². The number of nitrogens with two attached hydrogens (primary N) is 1. The average molecular weight is 297 g/mol. The Bertz CT molecular complexity index is 421. The standard InChI is InChI=1S/C16H25ClN2O/c1-12(2)13(9-10-18)7-8-16(20)19-11-14-5-3-4-6-15(14)17/h3-6,12-13H,7-11,18H2,1-2H3,(H,19,20). The Morgan fingerprint density at radius 2 is 2.00 bits per heavy atom. The van der Waals surface area contributed by atoms with Gasteiger partial charge in [-0.25, -0.2) is 0 Å². The van der Waals surface area contributed by atoms with E-state index in [0.29, 0.717) is 36.4 Å². The zero-order valence-corrected chi connectivity index (χ0v) is 13.1. The SMILES string of the molecule is CC(C)C(CCN)CCC(=O)NCc1ccccc1Cl. The lowest BCUT2D eigenvalue weighted by Crippen LogP contribution is -2.24. The molecule has 0 aliphatic heterocycles. The average Bonchev–Trinajstić information content (AvgIpc) is 2.42. The third kappa shape index (κ3) is 5.93. The number of hydrogen-bond donors (Lipinski definition) is 2. The van der Waals surface area contributed by atoms with E-state index in [1.165, 1.54) is 0 Å². The second-order valence-electron chi connectivity index (χ2n) is 5.49. The predicted octanol–water partition coefficient (Wildman–Crippen LogP) is 3.36. The number of halogens is 1. The molecule has 1 amide bonds. The minimum Gasteiger partial charge on any atom is -0.352 e. The van der Waals surface area contributed by atoms with Crippen LogP contribution in [0.15, 0.2) is 24.3 Å². The van der Waals surface area contributed by atoms with Crippen molar-refractivity contribution in [2.75, 3.05) is 6.54 Å². The van der Waals surface area contributed by atoms with Gasteiger partial charge in [-0.2, -0.15) is 0 Å². The topological polar surface area (TPSA) is 55.1 Å². The fraction of sp³-hybridized carbons (Fsp3) is 0.562. The predicted molar refractivity (Wildman–Crippen MR) is 84.5 cm³/mol. The fourth-order valence-electron chi connectivity index (χ4n) is 2.27. The van der Waals surface area contributed by atoms with Crippen LogP contribution in [0.1, 0.15) is 38.7 Å². The normalized spacial score (nSPS) is 12.4. The van der Waals surface area contributed by atoms with E-state index in [1.807, 2.05) is 24.3 Å². The van der Waals surface area contributed by atoms with Gasteiger partial charge in [0.15, 0.2) is 0 Å². The highest BCUT2D eigenvalue weighted by Crippen LogP contribution is 2.20. The molecule has 1 aromatic rings. The number of carbonyl (C=O) groups is 1. The van der Waals surface area contributed by atoms with E-state index >= 15 is 0 Å². The van der Waals surface area contributed by atoms with Crippen LogP contribution in [0.3, 0.4) is 0 Å². The van der Waals surface area contributed by atoms with Crippen LogP contribution in [0, 0.1) is 11.8 Å². The van der Waals surface area contributed by atoms with Gasteiger partial charge < -0.3 is 11.1 Å². The van der Waals surface area contributed by atoms with Crippen LogP contribution in [-0.2, 0) is 11.3 Å². The van der Waals surface area contributed by atoms with E-state index in [2.05, 4.69) is 19.2 Å². The van der Waals surface area contributed by atoms with Gasteiger partial charge in [-0.1, -0.05) is 43.6 Å². The highest BCUT2D eigenvalue weighted by Gasteiger charge is 2.14. The molecule has 20 heavy (non-hydrogen) atoms. The van der Waals surface area contributed by atoms with Gasteiger partial charge in [-0.05, 0) is 42.9 Å². The lowest BCUT2D eigenvalue weighted by Gasteiger charge is -2.19. The maximum Gasteiger partial charge on any atom is 0.220 e. The Labute approximate surface area is 126 Å². The fourth-order valence-corrected chi connectivity index (χ4v) is 2.47. The minimum atomic E-state index is 0.0765. The summed E-state index contributed by atoms with van der Waals surface area (Å²) >= 11 is 6.05. The van der Waals surface area contributed by atoms with Crippen LogP contribution in [0.5, 0.6) is 0 Å². The number of hydrogen-bond acceptors (Lipinski definition) is 2. The molecule has 1 atom stereocenters. The van der Waals surface area contributed by atoms with Gasteiger partial charge in [0.2, 0.25) is 5.91 Å². The Morgan fingerprint density at radius 1 is 1.30 bits per heavy atom. The van der Waals surface area contributed by atoms with Crippen molar-refractivity contribution in [3.8, 4) is 0 Å². The van der Waals surface area contributed by atoms with Crippen molar-refractivity contribution in [2.45, 2.75) is 39.7 Å². The summed E-state index contributed by atoms with van der Waals surface area (Å²) in [6, 6.07) is 7.56. The van der Waals surface area contributed by atoms with Gasteiger partial charge in [-0.3, -0.25) is 4.79 Å². The van der Waals surface area contributed by atoms with Gasteiger partial charge in [-0.15, -0.1) is 0 Å². The zero-order valence-electron chi connectivity index (χ0n) is 12.4. The second-order valence-corrected chi connectivity index (χ2v) is 5.90. The molecular formula is C16H25ClN2O. The number of rotatable bonds is 8. The molecule has 112 valence electrons. The molecule has 0 saturated carbocycles. The summed E-state index contributed by atoms with van der Waals surface area (Å²) in [7, 11) is 0. The quantitative estimate of drug-likeness (QED) is 0.773. The molecule has 0 radical (unpaired) electrons. The molecule has 3 nitrogen and oxygen atoms in total. The first-order chi connectivity index (χ1) is 9.54. The van der Waals surface area contributed by atoms with Crippen molar-refractivity contribution in [1.82, 2.24) is 5.32 Å². The lowest BCUT2D eigenvalue weighted by atomic mass is 9.88. The molecular weight excluding hydrogens is 272 g/mol. The van der Waals surface area contributed by atoms with Gasteiger partial charge in [0.25, 0.3) is 0 Å². The van der Waals surface area contributed by atoms with Crippen molar-refractivity contribution < 1.29 is 4.79 Å². The Balaban J connectivity index is 2.35. The van der Waals surface area contributed by atoms with E-state index in [1.54, 1.807) is 0 Å². The van der Waals surface area contributed by atoms with E-state index < -0.39 is 0 Å². The maximum absolute atomic E-state index is 11.9.